The molecule has 6 heteroatoms. The van der Waals surface area contributed by atoms with Gasteiger partial charge in [0.15, 0.2) is 5.79 Å². The van der Waals surface area contributed by atoms with E-state index in [1.807, 2.05) is 26.0 Å². The number of benzene rings is 2. The van der Waals surface area contributed by atoms with Crippen molar-refractivity contribution in [1.82, 2.24) is 0 Å². The first-order valence-corrected chi connectivity index (χ1v) is 13.0. The van der Waals surface area contributed by atoms with Crippen molar-refractivity contribution in [3.8, 4) is 0 Å². The molecule has 0 unspecified atom stereocenters. The Morgan fingerprint density at radius 1 is 0.935 bits per heavy atom. The molecular weight excluding hydrogens is 408 g/mol. The summed E-state index contributed by atoms with van der Waals surface area (Å²) in [5.41, 5.74) is 0. The summed E-state index contributed by atoms with van der Waals surface area (Å²) < 4.78 is 25.1. The highest BCUT2D eigenvalue weighted by atomic mass is 28.4. The molecule has 168 valence electrons. The molecule has 2 aliphatic rings. The smallest absolute Gasteiger partial charge is 0.261 e. The Morgan fingerprint density at radius 2 is 1.45 bits per heavy atom. The lowest BCUT2D eigenvalue weighted by molar-refractivity contribution is -0.157. The number of hydrogen-bond donors (Lipinski definition) is 1. The Bertz CT molecular complexity index is 825. The number of fused-ring (bicyclic) bond motifs is 1. The summed E-state index contributed by atoms with van der Waals surface area (Å²) in [6.07, 6.45) is -1.78. The Morgan fingerprint density at radius 3 is 1.97 bits per heavy atom. The largest absolute Gasteiger partial charge is 0.405 e. The first kappa shape index (κ1) is 22.6. The predicted molar refractivity (Wildman–Crippen MR) is 123 cm³/mol. The van der Waals surface area contributed by atoms with Gasteiger partial charge in [-0.2, -0.15) is 0 Å². The average Bonchev–Trinajstić information content (AvgIpc) is 3.07. The van der Waals surface area contributed by atoms with Gasteiger partial charge in [0.2, 0.25) is 0 Å². The molecular formula is C25H34O5Si. The minimum Gasteiger partial charge on any atom is -0.405 e. The van der Waals surface area contributed by atoms with Gasteiger partial charge in [-0.25, -0.2) is 0 Å². The normalized spacial score (nSPS) is 28.3. The summed E-state index contributed by atoms with van der Waals surface area (Å²) in [4.78, 5) is 0. The fourth-order valence-electron chi connectivity index (χ4n) is 4.93. The summed E-state index contributed by atoms with van der Waals surface area (Å²) in [6.45, 7) is 11.1. The molecule has 0 aromatic heterocycles. The number of aliphatic hydroxyl groups excluding tert-OH is 1. The van der Waals surface area contributed by atoms with Crippen LogP contribution in [0.15, 0.2) is 60.7 Å². The third-order valence-corrected chi connectivity index (χ3v) is 11.3. The van der Waals surface area contributed by atoms with Crippen LogP contribution in [0.2, 0.25) is 5.04 Å². The molecule has 2 saturated heterocycles. The Balaban J connectivity index is 1.69. The van der Waals surface area contributed by atoms with Crippen molar-refractivity contribution >= 4 is 18.7 Å². The average molecular weight is 443 g/mol. The van der Waals surface area contributed by atoms with Crippen LogP contribution in [0.1, 0.15) is 34.6 Å². The van der Waals surface area contributed by atoms with E-state index in [0.717, 1.165) is 0 Å². The monoisotopic (exact) mass is 442 g/mol. The lowest BCUT2D eigenvalue weighted by Crippen LogP contribution is -2.67. The highest BCUT2D eigenvalue weighted by molar-refractivity contribution is 6.99. The van der Waals surface area contributed by atoms with E-state index in [2.05, 4.69) is 69.3 Å². The summed E-state index contributed by atoms with van der Waals surface area (Å²) in [7, 11) is -2.67. The van der Waals surface area contributed by atoms with Gasteiger partial charge in [-0.3, -0.25) is 0 Å². The van der Waals surface area contributed by atoms with Crippen molar-refractivity contribution in [1.29, 1.82) is 0 Å². The molecule has 0 radical (unpaired) electrons. The van der Waals surface area contributed by atoms with Crippen LogP contribution in [0.3, 0.4) is 0 Å². The van der Waals surface area contributed by atoms with Gasteiger partial charge in [0.25, 0.3) is 8.32 Å². The number of hydrogen-bond acceptors (Lipinski definition) is 5. The topological polar surface area (TPSA) is 57.2 Å². The van der Waals surface area contributed by atoms with Crippen molar-refractivity contribution in [2.24, 2.45) is 0 Å². The molecule has 2 aliphatic heterocycles. The molecule has 2 fully saturated rings. The number of ether oxygens (including phenoxy) is 3. The zero-order valence-corrected chi connectivity index (χ0v) is 20.1. The quantitative estimate of drug-likeness (QED) is 0.722. The molecule has 4 atom stereocenters. The molecule has 2 aromatic rings. The van der Waals surface area contributed by atoms with Gasteiger partial charge in [0.05, 0.1) is 13.2 Å². The van der Waals surface area contributed by atoms with Crippen LogP contribution < -0.4 is 10.4 Å². The van der Waals surface area contributed by atoms with Gasteiger partial charge in [0.1, 0.15) is 24.4 Å². The maximum Gasteiger partial charge on any atom is 0.261 e. The van der Waals surface area contributed by atoms with Crippen LogP contribution in [0.5, 0.6) is 0 Å². The standard InChI is InChI=1S/C25H34O5Si/c1-24(2,3)31(18-12-8-6-9-13-18,19-14-10-7-11-15-19)28-17-21-23-22(20(26)16-27-21)29-25(4,5)30-23/h6-15,20-23,26H,16-17H2,1-5H3/t20-,21+,22+,23-/m0/s1. The zero-order valence-electron chi connectivity index (χ0n) is 19.1. The van der Waals surface area contributed by atoms with Crippen LogP contribution in [0, 0.1) is 0 Å². The predicted octanol–water partition coefficient (Wildman–Crippen LogP) is 2.84. The fourth-order valence-corrected chi connectivity index (χ4v) is 9.50. The maximum atomic E-state index is 10.4. The highest BCUT2D eigenvalue weighted by Gasteiger charge is 2.54. The van der Waals surface area contributed by atoms with Crippen LogP contribution in [-0.2, 0) is 18.6 Å². The Kier molecular flexibility index (Phi) is 6.16. The molecule has 0 spiro atoms. The Labute approximate surface area is 186 Å². The van der Waals surface area contributed by atoms with Gasteiger partial charge in [-0.1, -0.05) is 81.4 Å². The minimum absolute atomic E-state index is 0.115. The molecule has 0 bridgehead atoms. The van der Waals surface area contributed by atoms with Crippen molar-refractivity contribution in [2.75, 3.05) is 13.2 Å². The third-order valence-electron chi connectivity index (χ3n) is 6.27. The molecule has 5 nitrogen and oxygen atoms in total. The fraction of sp³-hybridized carbons (Fsp3) is 0.520. The summed E-state index contributed by atoms with van der Waals surface area (Å²) >= 11 is 0. The second kappa shape index (κ2) is 8.43. The molecule has 0 saturated carbocycles. The van der Waals surface area contributed by atoms with Gasteiger partial charge in [0, 0.05) is 0 Å². The second-order valence-corrected chi connectivity index (χ2v) is 14.3. The van der Waals surface area contributed by atoms with E-state index in [1.165, 1.54) is 10.4 Å². The van der Waals surface area contributed by atoms with Gasteiger partial charge >= 0.3 is 0 Å². The van der Waals surface area contributed by atoms with E-state index >= 15 is 0 Å². The van der Waals surface area contributed by atoms with E-state index in [9.17, 15) is 5.11 Å². The summed E-state index contributed by atoms with van der Waals surface area (Å²) in [5.74, 6) is -0.750. The van der Waals surface area contributed by atoms with Crippen LogP contribution in [0.25, 0.3) is 0 Å². The maximum absolute atomic E-state index is 10.4. The van der Waals surface area contributed by atoms with Crippen molar-refractivity contribution in [3.63, 3.8) is 0 Å². The van der Waals surface area contributed by atoms with Gasteiger partial charge < -0.3 is 23.7 Å². The van der Waals surface area contributed by atoms with E-state index < -0.39 is 26.3 Å². The first-order chi connectivity index (χ1) is 14.6. The van der Waals surface area contributed by atoms with E-state index in [-0.39, 0.29) is 23.9 Å². The number of aliphatic hydroxyl groups is 1. The second-order valence-electron chi connectivity index (χ2n) is 9.98. The highest BCUT2D eigenvalue weighted by Crippen LogP contribution is 2.39. The van der Waals surface area contributed by atoms with Gasteiger partial charge in [-0.05, 0) is 29.3 Å². The van der Waals surface area contributed by atoms with Gasteiger partial charge in [-0.15, -0.1) is 0 Å². The van der Waals surface area contributed by atoms with E-state index in [4.69, 9.17) is 18.6 Å². The lowest BCUT2D eigenvalue weighted by Gasteiger charge is -2.44. The van der Waals surface area contributed by atoms with E-state index in [1.54, 1.807) is 0 Å². The van der Waals surface area contributed by atoms with Crippen LogP contribution in [-0.4, -0.2) is 56.8 Å². The molecule has 2 heterocycles. The molecule has 0 aliphatic carbocycles. The van der Waals surface area contributed by atoms with Crippen molar-refractivity contribution in [3.05, 3.63) is 60.7 Å². The zero-order chi connectivity index (χ0) is 22.3. The lowest BCUT2D eigenvalue weighted by atomic mass is 10.0. The summed E-state index contributed by atoms with van der Waals surface area (Å²) in [5, 5.41) is 12.7. The van der Waals surface area contributed by atoms with Crippen molar-refractivity contribution in [2.45, 2.75) is 69.9 Å². The Hall–Kier alpha value is -1.54. The summed E-state index contributed by atoms with van der Waals surface area (Å²) in [6, 6.07) is 21.1. The molecule has 31 heavy (non-hydrogen) atoms. The first-order valence-electron chi connectivity index (χ1n) is 11.0. The van der Waals surface area contributed by atoms with E-state index in [0.29, 0.717) is 6.61 Å². The van der Waals surface area contributed by atoms with Crippen LogP contribution in [0.4, 0.5) is 0 Å². The minimum atomic E-state index is -2.67. The molecule has 4 rings (SSSR count). The SMILES string of the molecule is CC1(C)O[C@@H]2[C@H](O1)[C@@H](O)CO[C@@H]2CO[Si](c1ccccc1)(c1ccccc1)C(C)(C)C. The molecule has 0 amide bonds. The van der Waals surface area contributed by atoms with Crippen molar-refractivity contribution < 1.29 is 23.7 Å². The van der Waals surface area contributed by atoms with Crippen LogP contribution >= 0.6 is 0 Å². The number of rotatable bonds is 5. The molecule has 1 N–H and O–H groups in total. The molecule has 2 aromatic carbocycles. The third kappa shape index (κ3) is 4.25.